The minimum atomic E-state index is -1.21. The quantitative estimate of drug-likeness (QED) is 0.208. The van der Waals surface area contributed by atoms with E-state index >= 15 is 0 Å². The molecule has 0 spiro atoms. The van der Waals surface area contributed by atoms with E-state index in [-0.39, 0.29) is 56.0 Å². The summed E-state index contributed by atoms with van der Waals surface area (Å²) in [7, 11) is 1.51. The van der Waals surface area contributed by atoms with E-state index in [2.05, 4.69) is 10.6 Å². The summed E-state index contributed by atoms with van der Waals surface area (Å²) < 4.78 is 29.0. The Bertz CT molecular complexity index is 1590. The van der Waals surface area contributed by atoms with E-state index in [1.807, 2.05) is 58.9 Å². The highest BCUT2D eigenvalue weighted by Crippen LogP contribution is 2.45. The van der Waals surface area contributed by atoms with Crippen LogP contribution in [0.25, 0.3) is 0 Å². The summed E-state index contributed by atoms with van der Waals surface area (Å²) in [5, 5.41) is 5.92. The molecular weight excluding hydrogens is 688 g/mol. The molecule has 12 heteroatoms. The lowest BCUT2D eigenvalue weighted by Gasteiger charge is -2.29. The fourth-order valence-electron chi connectivity index (χ4n) is 5.89. The number of methoxy groups -OCH3 is 1. The zero-order valence-corrected chi connectivity index (χ0v) is 32.2. The third kappa shape index (κ3) is 11.5. The molecule has 2 aromatic carbocycles. The van der Waals surface area contributed by atoms with Crippen LogP contribution in [0.15, 0.2) is 54.6 Å². The van der Waals surface area contributed by atoms with Crippen LogP contribution < -0.4 is 15.4 Å². The second-order valence-electron chi connectivity index (χ2n) is 15.0. The lowest BCUT2D eigenvalue weighted by molar-refractivity contribution is -0.179. The van der Waals surface area contributed by atoms with Crippen molar-refractivity contribution in [3.8, 4) is 5.75 Å². The van der Waals surface area contributed by atoms with Crippen LogP contribution in [0.4, 0.5) is 0 Å². The molecule has 2 N–H and O–H groups in total. The monoisotopic (exact) mass is 740 g/mol. The molecule has 2 aromatic rings. The standard InChI is InChI=1S/C40H53ClN2O9/c1-23(2)18-33-38(46)50-31(25(5)35-36(52-35)28-15-12-26(13-16-28)21-49-24(3)4)10-9-11-34(44)43-30(20-27-14-17-32(48-8)29(41)19-27)37(45)42-22-40(6,7)39(47)51-33/h9,11-17,19,23-25,30-31,33,35-36H,10,18,20-22H2,1-8H3,(H,42,45)(H,43,44)/b11-9+/t25-,30?,31-,33-,35+,36+/m0/s1. The Morgan fingerprint density at radius 3 is 2.29 bits per heavy atom. The molecule has 2 amide bonds. The molecule has 1 fully saturated rings. The van der Waals surface area contributed by atoms with Gasteiger partial charge in [0.1, 0.15) is 24.0 Å². The number of rotatable bonds is 11. The number of esters is 2. The van der Waals surface area contributed by atoms with Gasteiger partial charge in [-0.15, -0.1) is 0 Å². The first-order chi connectivity index (χ1) is 24.6. The zero-order chi connectivity index (χ0) is 38.2. The lowest BCUT2D eigenvalue weighted by atomic mass is 9.92. The predicted molar refractivity (Wildman–Crippen MR) is 197 cm³/mol. The van der Waals surface area contributed by atoms with Gasteiger partial charge in [-0.2, -0.15) is 0 Å². The van der Waals surface area contributed by atoms with E-state index in [9.17, 15) is 19.2 Å². The average molecular weight is 741 g/mol. The molecule has 2 aliphatic heterocycles. The number of amides is 2. The molecule has 0 aliphatic carbocycles. The van der Waals surface area contributed by atoms with Crippen LogP contribution >= 0.6 is 11.6 Å². The van der Waals surface area contributed by atoms with Crippen molar-refractivity contribution in [1.82, 2.24) is 10.6 Å². The second kappa shape index (κ2) is 18.2. The van der Waals surface area contributed by atoms with Gasteiger partial charge < -0.3 is 34.3 Å². The summed E-state index contributed by atoms with van der Waals surface area (Å²) >= 11 is 6.34. The Labute approximate surface area is 312 Å². The number of epoxide rings is 1. The largest absolute Gasteiger partial charge is 0.495 e. The second-order valence-corrected chi connectivity index (χ2v) is 15.4. The molecule has 284 valence electrons. The third-order valence-corrected chi connectivity index (χ3v) is 9.47. The summed E-state index contributed by atoms with van der Waals surface area (Å²) in [4.78, 5) is 54.0. The Morgan fingerprint density at radius 2 is 1.65 bits per heavy atom. The molecule has 0 bridgehead atoms. The molecule has 2 aliphatic rings. The van der Waals surface area contributed by atoms with Gasteiger partial charge >= 0.3 is 11.9 Å². The van der Waals surface area contributed by atoms with E-state index in [1.54, 1.807) is 38.1 Å². The number of cyclic esters (lactones) is 2. The highest BCUT2D eigenvalue weighted by atomic mass is 35.5. The van der Waals surface area contributed by atoms with Crippen molar-refractivity contribution in [3.05, 3.63) is 76.3 Å². The Kier molecular flexibility index (Phi) is 14.3. The number of benzene rings is 2. The van der Waals surface area contributed by atoms with Crippen LogP contribution in [0.5, 0.6) is 5.75 Å². The maximum atomic E-state index is 13.7. The number of carbonyl (C=O) groups excluding carboxylic acids is 4. The van der Waals surface area contributed by atoms with Crippen molar-refractivity contribution >= 4 is 35.4 Å². The molecule has 4 rings (SSSR count). The van der Waals surface area contributed by atoms with E-state index in [4.69, 9.17) is 35.3 Å². The van der Waals surface area contributed by atoms with Crippen molar-refractivity contribution in [2.45, 2.75) is 111 Å². The first kappa shape index (κ1) is 40.8. The van der Waals surface area contributed by atoms with Gasteiger partial charge in [0.25, 0.3) is 0 Å². The van der Waals surface area contributed by atoms with Crippen LogP contribution in [0.3, 0.4) is 0 Å². The summed E-state index contributed by atoms with van der Waals surface area (Å²) in [6.45, 7) is 13.4. The number of ether oxygens (including phenoxy) is 5. The predicted octanol–water partition coefficient (Wildman–Crippen LogP) is 6.05. The van der Waals surface area contributed by atoms with Crippen molar-refractivity contribution in [2.75, 3.05) is 13.7 Å². The van der Waals surface area contributed by atoms with Crippen LogP contribution in [0.1, 0.15) is 84.1 Å². The third-order valence-electron chi connectivity index (χ3n) is 9.17. The topological polar surface area (TPSA) is 142 Å². The molecule has 2 heterocycles. The zero-order valence-electron chi connectivity index (χ0n) is 31.4. The maximum absolute atomic E-state index is 13.7. The van der Waals surface area contributed by atoms with Crippen molar-refractivity contribution in [2.24, 2.45) is 17.3 Å². The van der Waals surface area contributed by atoms with Gasteiger partial charge in [-0.05, 0) is 74.9 Å². The summed E-state index contributed by atoms with van der Waals surface area (Å²) in [5.41, 5.74) is 1.53. The van der Waals surface area contributed by atoms with Gasteiger partial charge in [0.05, 0.1) is 36.4 Å². The van der Waals surface area contributed by atoms with Gasteiger partial charge in [0.15, 0.2) is 6.10 Å². The molecular formula is C40H53ClN2O9. The van der Waals surface area contributed by atoms with Crippen molar-refractivity contribution in [3.63, 3.8) is 0 Å². The number of hydrogen-bond acceptors (Lipinski definition) is 9. The Hall–Kier alpha value is -3.93. The Morgan fingerprint density at radius 1 is 0.962 bits per heavy atom. The smallest absolute Gasteiger partial charge is 0.347 e. The number of nitrogens with one attached hydrogen (secondary N) is 2. The summed E-state index contributed by atoms with van der Waals surface area (Å²) in [6.07, 6.45) is 1.30. The summed E-state index contributed by atoms with van der Waals surface area (Å²) in [6, 6.07) is 12.2. The molecule has 0 aromatic heterocycles. The van der Waals surface area contributed by atoms with Crippen LogP contribution in [0, 0.1) is 17.3 Å². The highest BCUT2D eigenvalue weighted by Gasteiger charge is 2.48. The van der Waals surface area contributed by atoms with Gasteiger partial charge in [-0.25, -0.2) is 4.79 Å². The molecule has 11 nitrogen and oxygen atoms in total. The first-order valence-corrected chi connectivity index (χ1v) is 18.3. The van der Waals surface area contributed by atoms with E-state index < -0.39 is 47.4 Å². The normalized spacial score (nSPS) is 25.5. The maximum Gasteiger partial charge on any atom is 0.347 e. The van der Waals surface area contributed by atoms with E-state index in [1.165, 1.54) is 13.2 Å². The van der Waals surface area contributed by atoms with E-state index in [0.29, 0.717) is 22.9 Å². The lowest BCUT2D eigenvalue weighted by Crippen LogP contribution is -2.51. The molecule has 52 heavy (non-hydrogen) atoms. The van der Waals surface area contributed by atoms with Gasteiger partial charge in [0, 0.05) is 25.3 Å². The minimum Gasteiger partial charge on any atom is -0.495 e. The van der Waals surface area contributed by atoms with Crippen LogP contribution in [-0.2, 0) is 51.2 Å². The Balaban J connectivity index is 1.58. The highest BCUT2D eigenvalue weighted by molar-refractivity contribution is 6.32. The van der Waals surface area contributed by atoms with Gasteiger partial charge in [0.2, 0.25) is 11.8 Å². The van der Waals surface area contributed by atoms with Crippen LogP contribution in [0.2, 0.25) is 5.02 Å². The molecule has 0 radical (unpaired) electrons. The van der Waals surface area contributed by atoms with E-state index in [0.717, 1.165) is 11.1 Å². The molecule has 1 unspecified atom stereocenters. The minimum absolute atomic E-state index is 0.00972. The van der Waals surface area contributed by atoms with Crippen molar-refractivity contribution < 1.29 is 42.9 Å². The molecule has 0 saturated carbocycles. The summed E-state index contributed by atoms with van der Waals surface area (Å²) in [5.74, 6) is -2.14. The number of carbonyl (C=O) groups is 4. The van der Waals surface area contributed by atoms with Crippen LogP contribution in [-0.4, -0.2) is 67.9 Å². The van der Waals surface area contributed by atoms with Gasteiger partial charge in [-0.3, -0.25) is 14.4 Å². The van der Waals surface area contributed by atoms with Gasteiger partial charge in [-0.1, -0.05) is 68.8 Å². The molecule has 1 saturated heterocycles. The van der Waals surface area contributed by atoms with Crippen molar-refractivity contribution in [1.29, 1.82) is 0 Å². The number of hydrogen-bond donors (Lipinski definition) is 2. The first-order valence-electron chi connectivity index (χ1n) is 17.9. The fourth-order valence-corrected chi connectivity index (χ4v) is 6.17. The number of halogens is 1. The molecule has 6 atom stereocenters. The fraction of sp³-hybridized carbons (Fsp3) is 0.550. The SMILES string of the molecule is COc1ccc(CC2NC(=O)/C=C/C[C@@H]([C@H](C)[C@H]3O[C@@H]3c3ccc(COC(C)C)cc3)OC(=O)[C@H](CC(C)C)OC(=O)C(C)(C)CNC2=O)cc1Cl. The average Bonchev–Trinajstić information content (AvgIpc) is 3.89.